The van der Waals surface area contributed by atoms with Crippen LogP contribution in [0.2, 0.25) is 0 Å². The maximum Gasteiger partial charge on any atom is 0.222 e. The fourth-order valence-corrected chi connectivity index (χ4v) is 0.961. The van der Waals surface area contributed by atoms with Gasteiger partial charge >= 0.3 is 0 Å². The number of anilines is 1. The second-order valence-electron chi connectivity index (χ2n) is 1.94. The highest BCUT2D eigenvalue weighted by Gasteiger charge is 2.04. The lowest BCUT2D eigenvalue weighted by molar-refractivity contribution is 1.06. The van der Waals surface area contributed by atoms with E-state index < -0.39 is 0 Å². The van der Waals surface area contributed by atoms with Crippen LogP contribution >= 0.6 is 12.2 Å². The number of nitrogens with two attached hydrogens (primary N) is 1. The molecule has 0 atom stereocenters. The van der Waals surface area contributed by atoms with Crippen LogP contribution in [0.5, 0.6) is 0 Å². The Hall–Kier alpha value is -1.43. The van der Waals surface area contributed by atoms with Crippen LogP contribution in [0, 0.1) is 0 Å². The summed E-state index contributed by atoms with van der Waals surface area (Å²) in [5.41, 5.74) is 5.93. The Labute approximate surface area is 66.7 Å². The predicted octanol–water partition coefficient (Wildman–Crippen LogP) is -1.40. The van der Waals surface area contributed by atoms with Gasteiger partial charge in [0.25, 0.3) is 0 Å². The summed E-state index contributed by atoms with van der Waals surface area (Å²) in [6, 6.07) is 0. The van der Waals surface area contributed by atoms with Gasteiger partial charge in [-0.05, 0) is 12.2 Å². The van der Waals surface area contributed by atoms with E-state index in [1.165, 1.54) is 6.33 Å². The molecule has 0 aromatic carbocycles. The summed E-state index contributed by atoms with van der Waals surface area (Å²) in [6.45, 7) is 0. The van der Waals surface area contributed by atoms with Crippen LogP contribution in [-0.2, 0) is 0 Å². The summed E-state index contributed by atoms with van der Waals surface area (Å²) in [5.74, 6) is 0.318. The van der Waals surface area contributed by atoms with E-state index in [1.54, 1.807) is 0 Å². The van der Waals surface area contributed by atoms with Gasteiger partial charge in [0.2, 0.25) is 5.11 Å². The van der Waals surface area contributed by atoms with Crippen molar-refractivity contribution in [2.24, 2.45) is 9.98 Å². The molecule has 0 saturated carbocycles. The Bertz CT molecular complexity index is 437. The number of thiocarbonyl (C=S) groups is 1. The number of aromatic nitrogens is 2. The molecule has 0 radical (unpaired) electrons. The molecule has 0 fully saturated rings. The Balaban J connectivity index is 2.97. The molecule has 54 valence electrons. The number of hydrogen-bond donors (Lipinski definition) is 1. The highest BCUT2D eigenvalue weighted by atomic mass is 32.1. The van der Waals surface area contributed by atoms with Gasteiger partial charge < -0.3 is 5.73 Å². The smallest absolute Gasteiger partial charge is 0.222 e. The van der Waals surface area contributed by atoms with Crippen LogP contribution in [0.4, 0.5) is 5.82 Å². The molecule has 1 aliphatic heterocycles. The Morgan fingerprint density at radius 2 is 2.09 bits per heavy atom. The van der Waals surface area contributed by atoms with Crippen LogP contribution in [-0.4, -0.2) is 15.1 Å². The van der Waals surface area contributed by atoms with Crippen LogP contribution in [0.25, 0.3) is 0 Å². The Kier molecular flexibility index (Phi) is 1.16. The van der Waals surface area contributed by atoms with Crippen molar-refractivity contribution in [1.82, 2.24) is 9.97 Å². The van der Waals surface area contributed by atoms with Crippen LogP contribution in [0.15, 0.2) is 16.3 Å². The fourth-order valence-electron chi connectivity index (χ4n) is 0.783. The summed E-state index contributed by atoms with van der Waals surface area (Å²) in [4.78, 5) is 15.3. The van der Waals surface area contributed by atoms with Crippen molar-refractivity contribution in [3.05, 3.63) is 17.2 Å². The van der Waals surface area contributed by atoms with Gasteiger partial charge in [-0.1, -0.05) is 0 Å². The zero-order valence-electron chi connectivity index (χ0n) is 5.35. The van der Waals surface area contributed by atoms with Crippen LogP contribution in [0.1, 0.15) is 0 Å². The number of rotatable bonds is 0. The van der Waals surface area contributed by atoms with Crippen molar-refractivity contribution in [3.8, 4) is 0 Å². The SMILES string of the molecule is Nc1ncnc2c1=NC(=S)N=2. The van der Waals surface area contributed by atoms with Crippen molar-refractivity contribution in [1.29, 1.82) is 0 Å². The number of fused-ring (bicyclic) bond motifs is 1. The van der Waals surface area contributed by atoms with E-state index in [1.807, 2.05) is 0 Å². The summed E-state index contributed by atoms with van der Waals surface area (Å²) in [6.07, 6.45) is 1.33. The third-order valence-electron chi connectivity index (χ3n) is 1.24. The monoisotopic (exact) mass is 165 g/mol. The van der Waals surface area contributed by atoms with Crippen molar-refractivity contribution in [2.45, 2.75) is 0 Å². The highest BCUT2D eigenvalue weighted by molar-refractivity contribution is 7.80. The van der Waals surface area contributed by atoms with E-state index >= 15 is 0 Å². The molecular weight excluding hydrogens is 162 g/mol. The Morgan fingerprint density at radius 1 is 1.27 bits per heavy atom. The molecule has 1 aromatic heterocycles. The zero-order chi connectivity index (χ0) is 7.84. The molecule has 1 aliphatic rings. The number of nitrogens with zero attached hydrogens (tertiary/aromatic N) is 4. The first-order valence-electron chi connectivity index (χ1n) is 2.85. The normalized spacial score (nSPS) is 13.6. The van der Waals surface area contributed by atoms with Gasteiger partial charge in [-0.3, -0.25) is 0 Å². The second-order valence-corrected chi connectivity index (χ2v) is 2.30. The molecule has 6 heteroatoms. The molecule has 0 aliphatic carbocycles. The average Bonchev–Trinajstić information content (AvgIpc) is 2.31. The highest BCUT2D eigenvalue weighted by Crippen LogP contribution is 1.86. The van der Waals surface area contributed by atoms with Gasteiger partial charge in [-0.25, -0.2) is 15.0 Å². The summed E-state index contributed by atoms with van der Waals surface area (Å²) < 4.78 is 0. The second kappa shape index (κ2) is 2.03. The molecule has 2 N–H and O–H groups in total. The van der Waals surface area contributed by atoms with E-state index in [9.17, 15) is 0 Å². The summed E-state index contributed by atoms with van der Waals surface area (Å²) in [7, 11) is 0. The molecule has 1 aromatic rings. The van der Waals surface area contributed by atoms with Gasteiger partial charge in [0.15, 0.2) is 16.7 Å². The maximum atomic E-state index is 5.47. The average molecular weight is 165 g/mol. The summed E-state index contributed by atoms with van der Waals surface area (Å²) in [5, 5.41) is 0.740. The number of nitrogen functional groups attached to an aromatic ring is 1. The quantitative estimate of drug-likeness (QED) is 0.479. The van der Waals surface area contributed by atoms with Crippen molar-refractivity contribution < 1.29 is 0 Å². The molecule has 2 rings (SSSR count). The first-order valence-corrected chi connectivity index (χ1v) is 3.26. The van der Waals surface area contributed by atoms with Crippen LogP contribution in [0.3, 0.4) is 0 Å². The molecule has 0 amide bonds. The van der Waals surface area contributed by atoms with E-state index in [-0.39, 0.29) is 5.11 Å². The minimum atomic E-state index is 0.257. The molecule has 0 saturated heterocycles. The van der Waals surface area contributed by atoms with Crippen molar-refractivity contribution >= 4 is 23.1 Å². The molecular formula is C5H3N5S. The third kappa shape index (κ3) is 0.874. The molecule has 0 unspecified atom stereocenters. The first-order chi connectivity index (χ1) is 5.27. The van der Waals surface area contributed by atoms with E-state index in [0.29, 0.717) is 16.7 Å². The van der Waals surface area contributed by atoms with Gasteiger partial charge in [-0.2, -0.15) is 4.99 Å². The number of hydrogen-bond acceptors (Lipinski definition) is 4. The fraction of sp³-hybridized carbons (Fsp3) is 0. The molecule has 0 bridgehead atoms. The summed E-state index contributed by atoms with van der Waals surface area (Å²) >= 11 is 4.73. The van der Waals surface area contributed by atoms with E-state index in [4.69, 9.17) is 18.0 Å². The van der Waals surface area contributed by atoms with E-state index in [2.05, 4.69) is 20.0 Å². The van der Waals surface area contributed by atoms with Gasteiger partial charge in [0, 0.05) is 0 Å². The van der Waals surface area contributed by atoms with E-state index in [0.717, 1.165) is 0 Å². The first kappa shape index (κ1) is 6.29. The van der Waals surface area contributed by atoms with Crippen molar-refractivity contribution in [3.63, 3.8) is 0 Å². The standard InChI is InChI=1S/C5H3N5S/c6-3-2-4(8-1-7-3)10-5(11)9-2/h1H,(H2,6,7,8,10,11). The molecule has 2 heterocycles. The largest absolute Gasteiger partial charge is 0.382 e. The molecule has 0 spiro atoms. The van der Waals surface area contributed by atoms with Crippen molar-refractivity contribution in [2.75, 3.05) is 5.73 Å². The zero-order valence-corrected chi connectivity index (χ0v) is 6.17. The lowest BCUT2D eigenvalue weighted by Gasteiger charge is -1.85. The maximum absolute atomic E-state index is 5.47. The topological polar surface area (TPSA) is 76.5 Å². The lowest BCUT2D eigenvalue weighted by atomic mass is 10.5. The predicted molar refractivity (Wildman–Crippen MR) is 41.4 cm³/mol. The third-order valence-corrected chi connectivity index (χ3v) is 1.42. The van der Waals surface area contributed by atoms with Gasteiger partial charge in [-0.15, -0.1) is 0 Å². The van der Waals surface area contributed by atoms with Gasteiger partial charge in [0.1, 0.15) is 6.33 Å². The molecule has 11 heavy (non-hydrogen) atoms. The lowest BCUT2D eigenvalue weighted by Crippen LogP contribution is -2.29. The Morgan fingerprint density at radius 3 is 2.82 bits per heavy atom. The van der Waals surface area contributed by atoms with Crippen LogP contribution < -0.4 is 16.6 Å². The molecule has 5 nitrogen and oxygen atoms in total. The minimum absolute atomic E-state index is 0.257. The minimum Gasteiger partial charge on any atom is -0.382 e. The van der Waals surface area contributed by atoms with Gasteiger partial charge in [0.05, 0.1) is 0 Å².